The predicted octanol–water partition coefficient (Wildman–Crippen LogP) is 5.23. The number of likely N-dealkylation sites (tertiary alicyclic amines) is 1. The van der Waals surface area contributed by atoms with Crippen molar-refractivity contribution in [1.29, 1.82) is 5.26 Å². The Morgan fingerprint density at radius 3 is 2.55 bits per heavy atom. The van der Waals surface area contributed by atoms with Crippen LogP contribution in [0, 0.1) is 24.1 Å². The largest absolute Gasteiger partial charge is 0.462 e. The molecule has 3 aromatic rings. The first-order valence-corrected chi connectivity index (χ1v) is 14.8. The third-order valence-electron chi connectivity index (χ3n) is 8.24. The minimum Gasteiger partial charge on any atom is -0.462 e. The Bertz CT molecular complexity index is 1780. The molecule has 0 spiro atoms. The average Bonchev–Trinajstić information content (AvgIpc) is 3.30. The number of nitrogens with two attached hydrogens (primary N) is 1. The van der Waals surface area contributed by atoms with E-state index in [0.29, 0.717) is 0 Å². The summed E-state index contributed by atoms with van der Waals surface area (Å²) in [5, 5.41) is 8.94. The van der Waals surface area contributed by atoms with Gasteiger partial charge in [0.05, 0.1) is 40.4 Å². The van der Waals surface area contributed by atoms with Gasteiger partial charge in [-0.1, -0.05) is 18.2 Å². The van der Waals surface area contributed by atoms with E-state index in [2.05, 4.69) is 21.5 Å². The molecule has 3 atom stereocenters. The number of piperazine rings is 1. The first kappa shape index (κ1) is 34.0. The molecule has 2 aliphatic rings. The van der Waals surface area contributed by atoms with Crippen LogP contribution in [0.5, 0.6) is 6.01 Å². The molecule has 47 heavy (non-hydrogen) atoms. The molecule has 0 radical (unpaired) electrons. The number of benzene rings is 1. The molecule has 0 aliphatic carbocycles. The number of rotatable bonds is 7. The van der Waals surface area contributed by atoms with Crippen molar-refractivity contribution in [3.05, 3.63) is 46.5 Å². The summed E-state index contributed by atoms with van der Waals surface area (Å²) in [4.78, 5) is 29.4. The average molecular weight is 683 g/mol. The maximum absolute atomic E-state index is 16.6. The van der Waals surface area contributed by atoms with Crippen LogP contribution in [-0.4, -0.2) is 88.7 Å². The summed E-state index contributed by atoms with van der Waals surface area (Å²) < 4.78 is 92.8. The maximum atomic E-state index is 16.6. The number of alkyl halides is 4. The summed E-state index contributed by atoms with van der Waals surface area (Å²) in [7, 11) is 1.70. The summed E-state index contributed by atoms with van der Waals surface area (Å²) in [6, 6.07) is 2.59. The molecule has 1 aromatic carbocycles. The highest BCUT2D eigenvalue weighted by Crippen LogP contribution is 2.44. The zero-order valence-electron chi connectivity index (χ0n) is 25.2. The van der Waals surface area contributed by atoms with Crippen LogP contribution < -0.4 is 15.4 Å². The Morgan fingerprint density at radius 1 is 1.21 bits per heavy atom. The lowest BCUT2D eigenvalue weighted by molar-refractivity contribution is -0.137. The molecule has 17 heteroatoms. The second-order valence-corrected chi connectivity index (χ2v) is 11.9. The number of fused-ring (bicyclic) bond motifs is 1. The Morgan fingerprint density at radius 2 is 1.94 bits per heavy atom. The van der Waals surface area contributed by atoms with Gasteiger partial charge < -0.3 is 20.3 Å². The van der Waals surface area contributed by atoms with Gasteiger partial charge in [-0.2, -0.15) is 28.4 Å². The van der Waals surface area contributed by atoms with Crippen molar-refractivity contribution in [3.63, 3.8) is 0 Å². The number of nitrogen functional groups attached to an aromatic ring is 1. The third-order valence-corrected chi connectivity index (χ3v) is 8.54. The van der Waals surface area contributed by atoms with Crippen LogP contribution in [0.4, 0.5) is 38.0 Å². The third kappa shape index (κ3) is 6.72. The number of likely N-dealkylation sites (N-methyl/N-ethyl adjacent to an activating group) is 1. The van der Waals surface area contributed by atoms with Crippen LogP contribution in [0.2, 0.25) is 5.02 Å². The van der Waals surface area contributed by atoms with E-state index < -0.39 is 63.3 Å². The van der Waals surface area contributed by atoms with Crippen molar-refractivity contribution in [1.82, 2.24) is 24.8 Å². The topological polar surface area (TPSA) is 124 Å². The van der Waals surface area contributed by atoms with Gasteiger partial charge >= 0.3 is 12.2 Å². The molecule has 2 fully saturated rings. The van der Waals surface area contributed by atoms with Crippen molar-refractivity contribution < 1.29 is 35.9 Å². The van der Waals surface area contributed by atoms with Gasteiger partial charge in [0, 0.05) is 37.6 Å². The van der Waals surface area contributed by atoms with Crippen molar-refractivity contribution in [3.8, 4) is 23.3 Å². The lowest BCUT2D eigenvalue weighted by atomic mass is 9.99. The van der Waals surface area contributed by atoms with Gasteiger partial charge in [0.1, 0.15) is 29.9 Å². The Labute approximate surface area is 270 Å². The molecule has 4 heterocycles. The smallest absolute Gasteiger partial charge is 0.418 e. The van der Waals surface area contributed by atoms with Gasteiger partial charge in [-0.05, 0) is 38.1 Å². The number of carbonyl (C=O) groups is 1. The molecule has 5 rings (SSSR count). The summed E-state index contributed by atoms with van der Waals surface area (Å²) >= 11 is 6.49. The van der Waals surface area contributed by atoms with Crippen LogP contribution >= 0.6 is 11.6 Å². The second kappa shape index (κ2) is 13.0. The van der Waals surface area contributed by atoms with Gasteiger partial charge in [-0.3, -0.25) is 9.69 Å². The monoisotopic (exact) mass is 682 g/mol. The number of aryl methyl sites for hydroxylation is 1. The lowest BCUT2D eigenvalue weighted by Crippen LogP contribution is -2.55. The molecule has 1 amide bonds. The Hall–Kier alpha value is -4.36. The summed E-state index contributed by atoms with van der Waals surface area (Å²) in [5.74, 6) is -3.73. The Kier molecular flexibility index (Phi) is 9.43. The summed E-state index contributed by atoms with van der Waals surface area (Å²) in [6.07, 6.45) is -6.06. The first-order chi connectivity index (χ1) is 22.1. The molecular formula is C30H29ClF6N8O2. The number of pyridine rings is 1. The normalized spacial score (nSPS) is 20.5. The van der Waals surface area contributed by atoms with E-state index in [1.807, 2.05) is 6.07 Å². The van der Waals surface area contributed by atoms with Crippen LogP contribution in [0.25, 0.3) is 22.2 Å². The van der Waals surface area contributed by atoms with E-state index in [1.54, 1.807) is 16.8 Å². The van der Waals surface area contributed by atoms with Crippen molar-refractivity contribution in [2.75, 3.05) is 50.5 Å². The molecule has 2 aromatic heterocycles. The molecular weight excluding hydrogens is 654 g/mol. The number of hydrogen-bond donors (Lipinski definition) is 1. The highest BCUT2D eigenvalue weighted by Gasteiger charge is 2.39. The van der Waals surface area contributed by atoms with E-state index in [1.165, 1.54) is 6.07 Å². The van der Waals surface area contributed by atoms with Crippen molar-refractivity contribution >= 4 is 40.0 Å². The molecule has 2 saturated heterocycles. The fourth-order valence-electron chi connectivity index (χ4n) is 6.05. The zero-order valence-corrected chi connectivity index (χ0v) is 26.0. The Balaban J connectivity index is 1.67. The second-order valence-electron chi connectivity index (χ2n) is 11.5. The van der Waals surface area contributed by atoms with E-state index in [0.717, 1.165) is 17.9 Å². The lowest BCUT2D eigenvalue weighted by Gasteiger charge is -2.41. The minimum absolute atomic E-state index is 0.0232. The van der Waals surface area contributed by atoms with Crippen LogP contribution in [0.3, 0.4) is 0 Å². The number of nitrogens with zero attached hydrogens (tertiary/aromatic N) is 7. The number of hydrogen-bond acceptors (Lipinski definition) is 9. The number of nitriles is 1. The van der Waals surface area contributed by atoms with E-state index >= 15 is 4.39 Å². The predicted molar refractivity (Wildman–Crippen MR) is 162 cm³/mol. The highest BCUT2D eigenvalue weighted by atomic mass is 35.5. The SMILES string of the molecule is C=C(F)C(=O)N1CCN(c2nc(OC[C@@H]3C[C@@H](F)CN3C)nc3c(F)c(-c4nc(N)cc(C)c4C(F)(F)F)c(Cl)cc23)C[C@@H]1CC#N. The minimum atomic E-state index is -4.95. The number of anilines is 2. The molecule has 250 valence electrons. The van der Waals surface area contributed by atoms with Crippen LogP contribution in [0.15, 0.2) is 24.5 Å². The molecule has 2 N–H and O–H groups in total. The van der Waals surface area contributed by atoms with Crippen LogP contribution in [-0.2, 0) is 11.0 Å². The molecule has 0 saturated carbocycles. The number of carbonyl (C=O) groups excluding carboxylic acids is 1. The van der Waals surface area contributed by atoms with Gasteiger partial charge in [0.25, 0.3) is 5.91 Å². The summed E-state index contributed by atoms with van der Waals surface area (Å²) in [6.45, 7) is 4.18. The zero-order chi connectivity index (χ0) is 34.4. The molecule has 2 aliphatic heterocycles. The standard InChI is InChI=1S/C30H29ClF6N8O2/c1-14-8-21(39)40-26(23(14)30(35,36)37)22-20(31)10-19-25(24(22)34)41-29(47-13-18-9-16(33)11-43(18)3)42-27(19)44-6-7-45(28(46)15(2)32)17(12-44)4-5-38/h8,10,16-18H,2,4,6-7,9,11-13H2,1,3H3,(H2,39,40)/t16-,17+,18+/m1/s1. The van der Waals surface area contributed by atoms with Crippen molar-refractivity contribution in [2.45, 2.75) is 44.2 Å². The van der Waals surface area contributed by atoms with E-state index in [9.17, 15) is 32.0 Å². The van der Waals surface area contributed by atoms with Gasteiger partial charge in [-0.15, -0.1) is 0 Å². The number of amides is 1. The fraction of sp³-hybridized carbons (Fsp3) is 0.433. The highest BCUT2D eigenvalue weighted by molar-refractivity contribution is 6.34. The summed E-state index contributed by atoms with van der Waals surface area (Å²) in [5.41, 5.74) is 2.23. The number of aromatic nitrogens is 3. The maximum Gasteiger partial charge on any atom is 0.418 e. The first-order valence-electron chi connectivity index (χ1n) is 14.4. The van der Waals surface area contributed by atoms with Crippen molar-refractivity contribution in [2.24, 2.45) is 0 Å². The molecule has 0 unspecified atom stereocenters. The molecule has 10 nitrogen and oxygen atoms in total. The van der Waals surface area contributed by atoms with Gasteiger partial charge in [0.15, 0.2) is 11.6 Å². The molecule has 0 bridgehead atoms. The quantitative estimate of drug-likeness (QED) is 0.264. The number of halogens is 7. The van der Waals surface area contributed by atoms with Crippen LogP contribution in [0.1, 0.15) is 24.0 Å². The van der Waals surface area contributed by atoms with Gasteiger partial charge in [0.2, 0.25) is 0 Å². The van der Waals surface area contributed by atoms with E-state index in [4.69, 9.17) is 22.1 Å². The van der Waals surface area contributed by atoms with Gasteiger partial charge in [-0.25, -0.2) is 18.2 Å². The fourth-order valence-corrected chi connectivity index (χ4v) is 6.33. The number of ether oxygens (including phenoxy) is 1. The van der Waals surface area contributed by atoms with E-state index in [-0.39, 0.29) is 80.3 Å².